The number of amides is 1. The van der Waals surface area contributed by atoms with E-state index >= 15 is 0 Å². The molecular weight excluding hydrogens is 437 g/mol. The van der Waals surface area contributed by atoms with Crippen LogP contribution < -0.4 is 15.4 Å². The molecule has 0 fully saturated rings. The van der Waals surface area contributed by atoms with Gasteiger partial charge in [-0.25, -0.2) is 9.02 Å². The van der Waals surface area contributed by atoms with Crippen LogP contribution in [0.4, 0.5) is 15.9 Å². The zero-order valence-electron chi connectivity index (χ0n) is 14.3. The highest BCUT2D eigenvalue weighted by atomic mass is 79.9. The first kappa shape index (κ1) is 19.3. The van der Waals surface area contributed by atoms with Crippen LogP contribution in [0.5, 0.6) is 5.75 Å². The Hall–Kier alpha value is -3.47. The fraction of sp³-hybridized carbons (Fsp3) is 0.0588. The molecule has 0 spiro atoms. The second-order valence-corrected chi connectivity index (χ2v) is 6.17. The van der Waals surface area contributed by atoms with Crippen molar-refractivity contribution in [2.45, 2.75) is 0 Å². The molecule has 0 unspecified atom stereocenters. The van der Waals surface area contributed by atoms with Crippen LogP contribution in [0.15, 0.2) is 56.7 Å². The summed E-state index contributed by atoms with van der Waals surface area (Å²) in [6.07, 6.45) is 0. The topological polar surface area (TPSA) is 122 Å². The number of nitrogens with one attached hydrogen (secondary N) is 2. The van der Waals surface area contributed by atoms with Crippen LogP contribution in [-0.2, 0) is 0 Å². The zero-order valence-corrected chi connectivity index (χ0v) is 15.9. The van der Waals surface area contributed by atoms with Crippen molar-refractivity contribution in [2.24, 2.45) is 5.16 Å². The molecule has 28 heavy (non-hydrogen) atoms. The van der Waals surface area contributed by atoms with E-state index in [-0.39, 0.29) is 27.4 Å². The van der Waals surface area contributed by atoms with E-state index in [2.05, 4.69) is 46.7 Å². The highest BCUT2D eigenvalue weighted by molar-refractivity contribution is 9.10. The molecule has 9 nitrogen and oxygen atoms in total. The fourth-order valence-electron chi connectivity index (χ4n) is 2.28. The molecule has 1 heterocycles. The largest absolute Gasteiger partial charge is 0.496 e. The SMILES string of the molecule is COc1ccccc1C(=O)Nc1nonc1/C(=N/O)Nc1ccc(F)c(Br)c1. The Kier molecular flexibility index (Phi) is 5.84. The van der Waals surface area contributed by atoms with Crippen molar-refractivity contribution in [3.05, 3.63) is 64.0 Å². The first-order chi connectivity index (χ1) is 13.5. The Morgan fingerprint density at radius 2 is 2.04 bits per heavy atom. The van der Waals surface area contributed by atoms with Gasteiger partial charge in [-0.3, -0.25) is 4.79 Å². The van der Waals surface area contributed by atoms with Crippen LogP contribution in [0.1, 0.15) is 16.1 Å². The second-order valence-electron chi connectivity index (χ2n) is 5.32. The van der Waals surface area contributed by atoms with Crippen molar-refractivity contribution in [3.63, 3.8) is 0 Å². The molecule has 0 saturated heterocycles. The maximum Gasteiger partial charge on any atom is 0.260 e. The third-order valence-corrected chi connectivity index (χ3v) is 4.19. The van der Waals surface area contributed by atoms with Crippen molar-refractivity contribution in [3.8, 4) is 5.75 Å². The third kappa shape index (κ3) is 4.09. The summed E-state index contributed by atoms with van der Waals surface area (Å²) in [5.74, 6) is -0.882. The van der Waals surface area contributed by atoms with E-state index in [1.807, 2.05) is 0 Å². The summed E-state index contributed by atoms with van der Waals surface area (Å²) < 4.78 is 23.4. The Morgan fingerprint density at radius 3 is 2.75 bits per heavy atom. The normalized spacial score (nSPS) is 11.2. The molecule has 144 valence electrons. The van der Waals surface area contributed by atoms with Gasteiger partial charge in [0.1, 0.15) is 11.6 Å². The molecule has 3 aromatic rings. The number of ether oxygens (including phenoxy) is 1. The van der Waals surface area contributed by atoms with E-state index in [0.29, 0.717) is 11.4 Å². The van der Waals surface area contributed by atoms with Crippen molar-refractivity contribution in [1.82, 2.24) is 10.3 Å². The monoisotopic (exact) mass is 449 g/mol. The summed E-state index contributed by atoms with van der Waals surface area (Å²) in [4.78, 5) is 12.5. The summed E-state index contributed by atoms with van der Waals surface area (Å²) in [5.41, 5.74) is 0.592. The average molecular weight is 450 g/mol. The molecule has 3 N–H and O–H groups in total. The lowest BCUT2D eigenvalue weighted by Gasteiger charge is -2.09. The molecule has 0 aliphatic heterocycles. The quantitative estimate of drug-likeness (QED) is 0.236. The van der Waals surface area contributed by atoms with Crippen LogP contribution in [-0.4, -0.2) is 34.4 Å². The maximum absolute atomic E-state index is 13.4. The number of methoxy groups -OCH3 is 1. The molecule has 1 amide bonds. The van der Waals surface area contributed by atoms with Gasteiger partial charge in [-0.1, -0.05) is 17.3 Å². The number of aromatic nitrogens is 2. The first-order valence-electron chi connectivity index (χ1n) is 7.75. The minimum atomic E-state index is -0.531. The molecule has 3 rings (SSSR count). The number of amidine groups is 1. The number of para-hydroxylation sites is 1. The number of carbonyl (C=O) groups excluding carboxylic acids is 1. The van der Waals surface area contributed by atoms with Gasteiger partial charge >= 0.3 is 0 Å². The lowest BCUT2D eigenvalue weighted by atomic mass is 10.2. The van der Waals surface area contributed by atoms with Crippen molar-refractivity contribution < 1.29 is 23.8 Å². The van der Waals surface area contributed by atoms with Gasteiger partial charge in [0, 0.05) is 5.69 Å². The number of carbonyl (C=O) groups is 1. The molecular formula is C17H13BrFN5O4. The van der Waals surface area contributed by atoms with Crippen molar-refractivity contribution in [1.29, 1.82) is 0 Å². The van der Waals surface area contributed by atoms with E-state index in [9.17, 15) is 14.4 Å². The van der Waals surface area contributed by atoms with Crippen molar-refractivity contribution in [2.75, 3.05) is 17.7 Å². The number of rotatable bonds is 5. The minimum absolute atomic E-state index is 0.0637. The molecule has 0 saturated carbocycles. The lowest BCUT2D eigenvalue weighted by Crippen LogP contribution is -2.19. The summed E-state index contributed by atoms with van der Waals surface area (Å²) in [6.45, 7) is 0. The Labute approximate surface area is 166 Å². The van der Waals surface area contributed by atoms with Crippen LogP contribution in [0.2, 0.25) is 0 Å². The van der Waals surface area contributed by atoms with E-state index in [1.54, 1.807) is 24.3 Å². The number of hydrogen-bond acceptors (Lipinski definition) is 7. The van der Waals surface area contributed by atoms with Crippen LogP contribution in [0.25, 0.3) is 0 Å². The van der Waals surface area contributed by atoms with Gasteiger partial charge in [0.2, 0.25) is 11.7 Å². The van der Waals surface area contributed by atoms with E-state index in [0.717, 1.165) is 0 Å². The number of oxime groups is 1. The highest BCUT2D eigenvalue weighted by Crippen LogP contribution is 2.22. The van der Waals surface area contributed by atoms with Crippen LogP contribution in [0, 0.1) is 5.82 Å². The molecule has 11 heteroatoms. The standard InChI is InChI=1S/C17H13BrFN5O4/c1-27-13-5-3-2-4-10(13)17(25)21-16-14(23-28-24-16)15(22-26)20-9-6-7-12(19)11(18)8-9/h2-8,26H,1H3,(H,20,22)(H,21,24,25). The van der Waals surface area contributed by atoms with E-state index in [1.165, 1.54) is 25.3 Å². The number of halogens is 2. The van der Waals surface area contributed by atoms with E-state index < -0.39 is 11.7 Å². The van der Waals surface area contributed by atoms with Gasteiger partial charge in [-0.2, -0.15) is 0 Å². The third-order valence-electron chi connectivity index (χ3n) is 3.58. The molecule has 0 atom stereocenters. The van der Waals surface area contributed by atoms with Gasteiger partial charge in [-0.15, -0.1) is 0 Å². The smallest absolute Gasteiger partial charge is 0.260 e. The first-order valence-corrected chi connectivity index (χ1v) is 8.54. The molecule has 0 bridgehead atoms. The number of anilines is 2. The van der Waals surface area contributed by atoms with Crippen molar-refractivity contribution >= 4 is 39.2 Å². The van der Waals surface area contributed by atoms with Crippen LogP contribution >= 0.6 is 15.9 Å². The Balaban J connectivity index is 1.83. The number of benzene rings is 2. The fourth-order valence-corrected chi connectivity index (χ4v) is 2.65. The molecule has 0 radical (unpaired) electrons. The Morgan fingerprint density at radius 1 is 1.25 bits per heavy atom. The minimum Gasteiger partial charge on any atom is -0.496 e. The van der Waals surface area contributed by atoms with Gasteiger partial charge in [-0.05, 0) is 56.6 Å². The molecule has 0 aliphatic carbocycles. The zero-order chi connectivity index (χ0) is 20.1. The van der Waals surface area contributed by atoms with Gasteiger partial charge in [0.05, 0.1) is 17.1 Å². The van der Waals surface area contributed by atoms with Crippen LogP contribution in [0.3, 0.4) is 0 Å². The summed E-state index contributed by atoms with van der Waals surface area (Å²) >= 11 is 3.06. The molecule has 1 aromatic heterocycles. The van der Waals surface area contributed by atoms with Gasteiger partial charge in [0.25, 0.3) is 5.91 Å². The average Bonchev–Trinajstić information content (AvgIpc) is 3.16. The van der Waals surface area contributed by atoms with Gasteiger partial charge < -0.3 is 20.6 Å². The predicted molar refractivity (Wildman–Crippen MR) is 101 cm³/mol. The number of nitrogens with zero attached hydrogens (tertiary/aromatic N) is 3. The summed E-state index contributed by atoms with van der Waals surface area (Å²) in [6, 6.07) is 10.7. The summed E-state index contributed by atoms with van der Waals surface area (Å²) in [7, 11) is 1.44. The molecule has 0 aliphatic rings. The maximum atomic E-state index is 13.4. The Bertz CT molecular complexity index is 1040. The summed E-state index contributed by atoms with van der Waals surface area (Å²) in [5, 5.41) is 25.0. The lowest BCUT2D eigenvalue weighted by molar-refractivity contribution is 0.102. The predicted octanol–water partition coefficient (Wildman–Crippen LogP) is 3.48. The van der Waals surface area contributed by atoms with Gasteiger partial charge in [0.15, 0.2) is 5.69 Å². The second kappa shape index (κ2) is 8.48. The number of hydrogen-bond donors (Lipinski definition) is 3. The van der Waals surface area contributed by atoms with E-state index in [4.69, 9.17) is 4.74 Å². The molecule has 2 aromatic carbocycles. The highest BCUT2D eigenvalue weighted by Gasteiger charge is 2.21.